The van der Waals surface area contributed by atoms with Gasteiger partial charge >= 0.3 is 11.9 Å². The molecule has 4 nitrogen and oxygen atoms in total. The lowest BCUT2D eigenvalue weighted by Crippen LogP contribution is -2.13. The van der Waals surface area contributed by atoms with Gasteiger partial charge in [-0.1, -0.05) is 15.9 Å². The van der Waals surface area contributed by atoms with Crippen molar-refractivity contribution in [3.8, 4) is 0 Å². The van der Waals surface area contributed by atoms with Gasteiger partial charge in [-0.15, -0.1) is 0 Å². The number of hydrogen-bond acceptors (Lipinski definition) is 4. The Balaban J connectivity index is 3.62. The van der Waals surface area contributed by atoms with Crippen molar-refractivity contribution in [1.29, 1.82) is 0 Å². The fraction of sp³-hybridized carbons (Fsp3) is 0.500. The molecule has 0 saturated carbocycles. The van der Waals surface area contributed by atoms with Crippen molar-refractivity contribution in [2.45, 2.75) is 11.8 Å². The minimum absolute atomic E-state index is 0.0733. The van der Waals surface area contributed by atoms with Crippen molar-refractivity contribution in [3.63, 3.8) is 0 Å². The number of carbonyl (C=O) groups is 2. The SMILES string of the molecule is COC(=O)C=CCOC(=O)C(C)Br. The first-order valence-corrected chi connectivity index (χ1v) is 4.54. The predicted molar refractivity (Wildman–Crippen MR) is 50.5 cm³/mol. The van der Waals surface area contributed by atoms with Gasteiger partial charge in [0.1, 0.15) is 11.4 Å². The second-order valence-corrected chi connectivity index (χ2v) is 3.55. The number of hydrogen-bond donors (Lipinski definition) is 0. The van der Waals surface area contributed by atoms with Crippen molar-refractivity contribution in [2.75, 3.05) is 13.7 Å². The summed E-state index contributed by atoms with van der Waals surface area (Å²) in [5, 5.41) is 0. The van der Waals surface area contributed by atoms with Crippen molar-refractivity contribution in [1.82, 2.24) is 0 Å². The lowest BCUT2D eigenvalue weighted by molar-refractivity contribution is -0.141. The topological polar surface area (TPSA) is 52.6 Å². The molecular weight excluding hydrogens is 240 g/mol. The molecule has 0 bridgehead atoms. The quantitative estimate of drug-likeness (QED) is 0.425. The highest BCUT2D eigenvalue weighted by atomic mass is 79.9. The van der Waals surface area contributed by atoms with Crippen LogP contribution in [0.1, 0.15) is 6.92 Å². The molecule has 0 aromatic carbocycles. The number of alkyl halides is 1. The van der Waals surface area contributed by atoms with Crippen LogP contribution in [0.15, 0.2) is 12.2 Å². The van der Waals surface area contributed by atoms with Gasteiger partial charge in [-0.05, 0) is 13.0 Å². The monoisotopic (exact) mass is 250 g/mol. The summed E-state index contributed by atoms with van der Waals surface area (Å²) in [4.78, 5) is 21.0. The Kier molecular flexibility index (Phi) is 6.22. The zero-order valence-electron chi connectivity index (χ0n) is 7.45. The molecule has 0 saturated heterocycles. The first-order chi connectivity index (χ1) is 6.07. The van der Waals surface area contributed by atoms with Crippen molar-refractivity contribution in [3.05, 3.63) is 12.2 Å². The zero-order chi connectivity index (χ0) is 10.3. The molecule has 0 aliphatic rings. The molecule has 0 N–H and O–H groups in total. The van der Waals surface area contributed by atoms with Gasteiger partial charge in [0, 0.05) is 6.08 Å². The number of rotatable bonds is 4. The average molecular weight is 251 g/mol. The summed E-state index contributed by atoms with van der Waals surface area (Å²) >= 11 is 3.04. The third kappa shape index (κ3) is 6.33. The molecule has 1 atom stereocenters. The van der Waals surface area contributed by atoms with Gasteiger partial charge < -0.3 is 9.47 Å². The van der Waals surface area contributed by atoms with Gasteiger partial charge in [-0.2, -0.15) is 0 Å². The Morgan fingerprint density at radius 1 is 1.54 bits per heavy atom. The second-order valence-electron chi connectivity index (χ2n) is 2.17. The highest BCUT2D eigenvalue weighted by Crippen LogP contribution is 1.99. The molecule has 0 radical (unpaired) electrons. The van der Waals surface area contributed by atoms with Gasteiger partial charge in [0.15, 0.2) is 0 Å². The lowest BCUT2D eigenvalue weighted by Gasteiger charge is -2.01. The molecule has 0 aliphatic heterocycles. The van der Waals surface area contributed by atoms with Crippen LogP contribution >= 0.6 is 15.9 Å². The van der Waals surface area contributed by atoms with E-state index in [1.165, 1.54) is 19.3 Å². The minimum Gasteiger partial charge on any atom is -0.466 e. The summed E-state index contributed by atoms with van der Waals surface area (Å²) in [5.41, 5.74) is 0. The van der Waals surface area contributed by atoms with E-state index in [2.05, 4.69) is 20.7 Å². The summed E-state index contributed by atoms with van der Waals surface area (Å²) < 4.78 is 9.05. The third-order valence-electron chi connectivity index (χ3n) is 1.10. The van der Waals surface area contributed by atoms with Crippen molar-refractivity contribution in [2.24, 2.45) is 0 Å². The van der Waals surface area contributed by atoms with Crippen molar-refractivity contribution < 1.29 is 19.1 Å². The molecule has 13 heavy (non-hydrogen) atoms. The average Bonchev–Trinajstić information content (AvgIpc) is 2.11. The van der Waals surface area contributed by atoms with Gasteiger partial charge in [0.2, 0.25) is 0 Å². The van der Waals surface area contributed by atoms with Crippen LogP contribution in [-0.4, -0.2) is 30.5 Å². The van der Waals surface area contributed by atoms with Gasteiger partial charge in [-0.25, -0.2) is 4.79 Å². The third-order valence-corrected chi connectivity index (χ3v) is 1.48. The van der Waals surface area contributed by atoms with Crippen LogP contribution in [0.3, 0.4) is 0 Å². The Morgan fingerprint density at radius 2 is 2.15 bits per heavy atom. The van der Waals surface area contributed by atoms with E-state index in [-0.39, 0.29) is 17.4 Å². The molecule has 5 heteroatoms. The standard InChI is InChI=1S/C8H11BrO4/c1-6(9)8(11)13-5-3-4-7(10)12-2/h3-4,6H,5H2,1-2H3. The molecule has 74 valence electrons. The summed E-state index contributed by atoms with van der Waals surface area (Å²) in [7, 11) is 1.28. The first-order valence-electron chi connectivity index (χ1n) is 3.63. The number of ether oxygens (including phenoxy) is 2. The molecule has 0 aromatic rings. The van der Waals surface area contributed by atoms with Crippen LogP contribution in [0.5, 0.6) is 0 Å². The number of methoxy groups -OCH3 is 1. The molecular formula is C8H11BrO4. The van der Waals surface area contributed by atoms with Crippen LogP contribution in [0.4, 0.5) is 0 Å². The van der Waals surface area contributed by atoms with E-state index in [1.54, 1.807) is 6.92 Å². The zero-order valence-corrected chi connectivity index (χ0v) is 9.04. The summed E-state index contributed by atoms with van der Waals surface area (Å²) in [6.07, 6.45) is 2.62. The van der Waals surface area contributed by atoms with E-state index in [1.807, 2.05) is 0 Å². The van der Waals surface area contributed by atoms with Gasteiger partial charge in [-0.3, -0.25) is 4.79 Å². The fourth-order valence-electron chi connectivity index (χ4n) is 0.457. The van der Waals surface area contributed by atoms with Gasteiger partial charge in [0.05, 0.1) is 7.11 Å². The highest BCUT2D eigenvalue weighted by molar-refractivity contribution is 9.10. The Hall–Kier alpha value is -0.840. The second kappa shape index (κ2) is 6.65. The van der Waals surface area contributed by atoms with E-state index in [4.69, 9.17) is 4.74 Å². The molecule has 0 rings (SSSR count). The van der Waals surface area contributed by atoms with E-state index in [0.717, 1.165) is 0 Å². The van der Waals surface area contributed by atoms with Crippen LogP contribution in [0, 0.1) is 0 Å². The number of esters is 2. The smallest absolute Gasteiger partial charge is 0.330 e. The molecule has 1 unspecified atom stereocenters. The maximum absolute atomic E-state index is 10.8. The van der Waals surface area contributed by atoms with Gasteiger partial charge in [0.25, 0.3) is 0 Å². The van der Waals surface area contributed by atoms with E-state index >= 15 is 0 Å². The van der Waals surface area contributed by atoms with Crippen molar-refractivity contribution >= 4 is 27.9 Å². The highest BCUT2D eigenvalue weighted by Gasteiger charge is 2.08. The Labute approximate surface area is 85.0 Å². The molecule has 0 fully saturated rings. The number of carbonyl (C=O) groups excluding carboxylic acids is 2. The normalized spacial score (nSPS) is 12.5. The van der Waals surface area contributed by atoms with Crippen LogP contribution in [-0.2, 0) is 19.1 Å². The molecule has 0 aromatic heterocycles. The number of halogens is 1. The Morgan fingerprint density at radius 3 is 2.62 bits per heavy atom. The van der Waals surface area contributed by atoms with E-state index in [9.17, 15) is 9.59 Å². The first kappa shape index (κ1) is 12.2. The summed E-state index contributed by atoms with van der Waals surface area (Å²) in [5.74, 6) is -0.836. The maximum atomic E-state index is 10.8. The summed E-state index contributed by atoms with van der Waals surface area (Å²) in [6.45, 7) is 1.73. The lowest BCUT2D eigenvalue weighted by atomic mass is 10.5. The minimum atomic E-state index is -0.470. The van der Waals surface area contributed by atoms with E-state index in [0.29, 0.717) is 0 Å². The van der Waals surface area contributed by atoms with E-state index < -0.39 is 5.97 Å². The van der Waals surface area contributed by atoms with Crippen LogP contribution in [0.2, 0.25) is 0 Å². The van der Waals surface area contributed by atoms with Crippen LogP contribution in [0.25, 0.3) is 0 Å². The molecule has 0 spiro atoms. The molecule has 0 amide bonds. The maximum Gasteiger partial charge on any atom is 0.330 e. The summed E-state index contributed by atoms with van der Waals surface area (Å²) in [6, 6.07) is 0. The molecule has 0 heterocycles. The van der Waals surface area contributed by atoms with Crippen LogP contribution < -0.4 is 0 Å². The largest absolute Gasteiger partial charge is 0.466 e. The Bertz CT molecular complexity index is 210. The predicted octanol–water partition coefficient (Wildman–Crippen LogP) is 1.04. The fourth-order valence-corrected chi connectivity index (χ4v) is 0.590. The molecule has 0 aliphatic carbocycles.